The monoisotopic (exact) mass is 446 g/mol. The van der Waals surface area contributed by atoms with E-state index >= 15 is 0 Å². The van der Waals surface area contributed by atoms with Crippen LogP contribution in [0.3, 0.4) is 0 Å². The maximum Gasteiger partial charge on any atom is 0.341 e. The molecule has 1 aliphatic rings. The molecule has 7 nitrogen and oxygen atoms in total. The molecule has 1 aliphatic heterocycles. The molecule has 0 bridgehead atoms. The van der Waals surface area contributed by atoms with Crippen molar-refractivity contribution in [2.24, 2.45) is 5.92 Å². The molecule has 168 valence electrons. The van der Waals surface area contributed by atoms with Gasteiger partial charge in [-0.3, -0.25) is 9.69 Å². The third kappa shape index (κ3) is 5.57. The molecule has 0 aliphatic carbocycles. The Hall–Kier alpha value is -2.58. The third-order valence-electron chi connectivity index (χ3n) is 5.46. The lowest BCUT2D eigenvalue weighted by molar-refractivity contribution is -0.117. The lowest BCUT2D eigenvalue weighted by atomic mass is 9.99. The molecule has 1 amide bonds. The van der Waals surface area contributed by atoms with Gasteiger partial charge in [-0.1, -0.05) is 13.0 Å². The van der Waals surface area contributed by atoms with E-state index in [0.717, 1.165) is 31.5 Å². The Bertz CT molecular complexity index is 919. The minimum Gasteiger partial charge on any atom is -0.493 e. The van der Waals surface area contributed by atoms with Crippen LogP contribution in [-0.4, -0.2) is 57.2 Å². The third-order valence-corrected chi connectivity index (χ3v) is 6.36. The summed E-state index contributed by atoms with van der Waals surface area (Å²) in [7, 11) is 3.14. The van der Waals surface area contributed by atoms with Gasteiger partial charge >= 0.3 is 5.97 Å². The van der Waals surface area contributed by atoms with Crippen LogP contribution in [0.25, 0.3) is 11.1 Å². The average Bonchev–Trinajstić information content (AvgIpc) is 3.18. The smallest absolute Gasteiger partial charge is 0.341 e. The molecule has 1 fully saturated rings. The minimum absolute atomic E-state index is 0.124. The summed E-state index contributed by atoms with van der Waals surface area (Å²) in [4.78, 5) is 27.6. The molecule has 1 aromatic heterocycles. The fourth-order valence-corrected chi connectivity index (χ4v) is 4.63. The van der Waals surface area contributed by atoms with E-state index in [1.165, 1.54) is 11.3 Å². The number of esters is 1. The molecule has 0 saturated carbocycles. The van der Waals surface area contributed by atoms with E-state index in [2.05, 4.69) is 17.1 Å². The largest absolute Gasteiger partial charge is 0.493 e. The van der Waals surface area contributed by atoms with Gasteiger partial charge in [0.2, 0.25) is 5.91 Å². The SMILES string of the molecule is CCOC(=O)c1c(-c2ccc(OC)c(OC)c2)csc1NC(=O)CN1CCC(C)CC1. The van der Waals surface area contributed by atoms with Gasteiger partial charge in [0.25, 0.3) is 0 Å². The number of hydrogen-bond donors (Lipinski definition) is 1. The number of likely N-dealkylation sites (tertiary alicyclic amines) is 1. The van der Waals surface area contributed by atoms with Gasteiger partial charge in [0.15, 0.2) is 11.5 Å². The van der Waals surface area contributed by atoms with Crippen molar-refractivity contribution in [2.75, 3.05) is 45.8 Å². The zero-order chi connectivity index (χ0) is 22.4. The lowest BCUT2D eigenvalue weighted by Crippen LogP contribution is -2.38. The number of carbonyl (C=O) groups excluding carboxylic acids is 2. The number of ether oxygens (including phenoxy) is 3. The van der Waals surface area contributed by atoms with Crippen LogP contribution in [0.2, 0.25) is 0 Å². The van der Waals surface area contributed by atoms with Gasteiger partial charge in [0.05, 0.1) is 27.4 Å². The topological polar surface area (TPSA) is 77.1 Å². The van der Waals surface area contributed by atoms with E-state index in [-0.39, 0.29) is 12.5 Å². The van der Waals surface area contributed by atoms with Crippen molar-refractivity contribution in [3.63, 3.8) is 0 Å². The van der Waals surface area contributed by atoms with Crippen LogP contribution < -0.4 is 14.8 Å². The number of methoxy groups -OCH3 is 2. The molecule has 1 saturated heterocycles. The summed E-state index contributed by atoms with van der Waals surface area (Å²) in [6.45, 7) is 6.40. The summed E-state index contributed by atoms with van der Waals surface area (Å²) in [6, 6.07) is 5.45. The molecule has 8 heteroatoms. The summed E-state index contributed by atoms with van der Waals surface area (Å²) >= 11 is 1.32. The van der Waals surface area contributed by atoms with Crippen molar-refractivity contribution in [3.8, 4) is 22.6 Å². The first-order valence-corrected chi connectivity index (χ1v) is 11.4. The van der Waals surface area contributed by atoms with Gasteiger partial charge in [0, 0.05) is 10.9 Å². The highest BCUT2D eigenvalue weighted by Gasteiger charge is 2.25. The summed E-state index contributed by atoms with van der Waals surface area (Å²) in [5.74, 6) is 1.28. The van der Waals surface area contributed by atoms with E-state index in [1.807, 2.05) is 17.5 Å². The van der Waals surface area contributed by atoms with Crippen LogP contribution in [0.15, 0.2) is 23.6 Å². The predicted octanol–water partition coefficient (Wildman–Crippen LogP) is 4.28. The molecule has 1 N–H and O–H groups in total. The number of hydrogen-bond acceptors (Lipinski definition) is 7. The van der Waals surface area contributed by atoms with Crippen LogP contribution in [0.4, 0.5) is 5.00 Å². The second-order valence-electron chi connectivity index (χ2n) is 7.65. The first-order chi connectivity index (χ1) is 15.0. The zero-order valence-corrected chi connectivity index (χ0v) is 19.3. The van der Waals surface area contributed by atoms with E-state index in [9.17, 15) is 9.59 Å². The number of nitrogens with one attached hydrogen (secondary N) is 1. The van der Waals surface area contributed by atoms with Gasteiger partial charge in [-0.15, -0.1) is 11.3 Å². The fourth-order valence-electron chi connectivity index (χ4n) is 3.66. The maximum absolute atomic E-state index is 12.8. The molecule has 3 rings (SSSR count). The van der Waals surface area contributed by atoms with E-state index in [1.54, 1.807) is 27.2 Å². The number of carbonyl (C=O) groups is 2. The molecule has 1 aromatic carbocycles. The highest BCUT2D eigenvalue weighted by Crippen LogP contribution is 2.39. The molecule has 0 unspecified atom stereocenters. The zero-order valence-electron chi connectivity index (χ0n) is 18.5. The number of nitrogens with zero attached hydrogens (tertiary/aromatic N) is 1. The predicted molar refractivity (Wildman–Crippen MR) is 122 cm³/mol. The summed E-state index contributed by atoms with van der Waals surface area (Å²) in [5, 5.41) is 5.28. The number of rotatable bonds is 8. The minimum atomic E-state index is -0.462. The molecular weight excluding hydrogens is 416 g/mol. The van der Waals surface area contributed by atoms with Gasteiger partial charge in [0.1, 0.15) is 10.6 Å². The van der Waals surface area contributed by atoms with Gasteiger partial charge in [-0.25, -0.2) is 4.79 Å². The Labute approximate surface area is 187 Å². The van der Waals surface area contributed by atoms with Crippen molar-refractivity contribution < 1.29 is 23.8 Å². The Balaban J connectivity index is 1.85. The second-order valence-corrected chi connectivity index (χ2v) is 8.53. The van der Waals surface area contributed by atoms with Crippen molar-refractivity contribution in [1.29, 1.82) is 0 Å². The molecule has 2 aromatic rings. The Morgan fingerprint density at radius 1 is 1.16 bits per heavy atom. The molecule has 0 atom stereocenters. The van der Waals surface area contributed by atoms with Gasteiger partial charge < -0.3 is 19.5 Å². The molecular formula is C23H30N2O5S. The number of thiophene rings is 1. The van der Waals surface area contributed by atoms with E-state index in [0.29, 0.717) is 40.1 Å². The van der Waals surface area contributed by atoms with Gasteiger partial charge in [-0.2, -0.15) is 0 Å². The van der Waals surface area contributed by atoms with Crippen LogP contribution >= 0.6 is 11.3 Å². The average molecular weight is 447 g/mol. The highest BCUT2D eigenvalue weighted by atomic mass is 32.1. The standard InChI is InChI=1S/C23H30N2O5S/c1-5-30-23(27)21-17(16-6-7-18(28-3)19(12-16)29-4)14-31-22(21)24-20(26)13-25-10-8-15(2)9-11-25/h6-7,12,14-15H,5,8-11,13H2,1-4H3,(H,24,26). The maximum atomic E-state index is 12.8. The van der Waals surface area contributed by atoms with E-state index in [4.69, 9.17) is 14.2 Å². The molecule has 0 spiro atoms. The second kappa shape index (κ2) is 10.6. The van der Waals surface area contributed by atoms with Crippen molar-refractivity contribution in [1.82, 2.24) is 4.90 Å². The van der Waals surface area contributed by atoms with Crippen LogP contribution in [-0.2, 0) is 9.53 Å². The van der Waals surface area contributed by atoms with Crippen LogP contribution in [0.5, 0.6) is 11.5 Å². The van der Waals surface area contributed by atoms with Gasteiger partial charge in [-0.05, 0) is 56.5 Å². The van der Waals surface area contributed by atoms with E-state index < -0.39 is 5.97 Å². The molecule has 2 heterocycles. The first-order valence-electron chi connectivity index (χ1n) is 10.5. The molecule has 0 radical (unpaired) electrons. The fraction of sp³-hybridized carbons (Fsp3) is 0.478. The Kier molecular flexibility index (Phi) is 7.92. The van der Waals surface area contributed by atoms with Crippen LogP contribution in [0.1, 0.15) is 37.0 Å². The Morgan fingerprint density at radius 2 is 1.87 bits per heavy atom. The van der Waals surface area contributed by atoms with Crippen LogP contribution in [0, 0.1) is 5.92 Å². The molecule has 31 heavy (non-hydrogen) atoms. The first kappa shape index (κ1) is 23.1. The number of anilines is 1. The van der Waals surface area contributed by atoms with Crippen molar-refractivity contribution in [3.05, 3.63) is 29.1 Å². The number of piperidine rings is 1. The van der Waals surface area contributed by atoms with Crippen molar-refractivity contribution in [2.45, 2.75) is 26.7 Å². The lowest BCUT2D eigenvalue weighted by Gasteiger charge is -2.29. The van der Waals surface area contributed by atoms with Crippen molar-refractivity contribution >= 4 is 28.2 Å². The normalized spacial score (nSPS) is 14.8. The summed E-state index contributed by atoms with van der Waals surface area (Å²) < 4.78 is 16.0. The quantitative estimate of drug-likeness (QED) is 0.610. The summed E-state index contributed by atoms with van der Waals surface area (Å²) in [6.07, 6.45) is 2.20. The number of amides is 1. The Morgan fingerprint density at radius 3 is 2.52 bits per heavy atom. The highest BCUT2D eigenvalue weighted by molar-refractivity contribution is 7.15. The number of benzene rings is 1. The summed E-state index contributed by atoms with van der Waals surface area (Å²) in [5.41, 5.74) is 1.83.